The molecular weight excluding hydrogens is 353 g/mol. The smallest absolute Gasteiger partial charge is 0.241 e. The number of aromatic nitrogens is 1. The summed E-state index contributed by atoms with van der Waals surface area (Å²) >= 11 is 0. The van der Waals surface area contributed by atoms with E-state index >= 15 is 0 Å². The standard InChI is InChI=1S/C23H20FN3O/c1-16(17-10-12-18(24)13-11-17)25-26-23(28)14-15-27-21-8-4-2-6-19(21)20-7-3-5-9-22(20)27/h2-13H,14-15H2,1H3,(H,26,28)/b25-16-. The molecule has 0 aliphatic carbocycles. The molecule has 140 valence electrons. The van der Waals surface area contributed by atoms with Crippen LogP contribution in [0.5, 0.6) is 0 Å². The van der Waals surface area contributed by atoms with E-state index < -0.39 is 0 Å². The number of hydrogen-bond donors (Lipinski definition) is 1. The molecule has 4 rings (SSSR count). The van der Waals surface area contributed by atoms with Crippen LogP contribution < -0.4 is 5.43 Å². The minimum atomic E-state index is -0.299. The van der Waals surface area contributed by atoms with Crippen LogP contribution in [0, 0.1) is 5.82 Å². The van der Waals surface area contributed by atoms with E-state index in [2.05, 4.69) is 39.4 Å². The van der Waals surface area contributed by atoms with Crippen molar-refractivity contribution in [1.29, 1.82) is 0 Å². The van der Waals surface area contributed by atoms with E-state index in [0.717, 1.165) is 16.6 Å². The van der Waals surface area contributed by atoms with Crippen LogP contribution >= 0.6 is 0 Å². The average molecular weight is 373 g/mol. The van der Waals surface area contributed by atoms with Crippen molar-refractivity contribution in [1.82, 2.24) is 9.99 Å². The predicted molar refractivity (Wildman–Crippen MR) is 111 cm³/mol. The molecule has 3 aromatic carbocycles. The van der Waals surface area contributed by atoms with Gasteiger partial charge in [-0.25, -0.2) is 9.82 Å². The highest BCUT2D eigenvalue weighted by Crippen LogP contribution is 2.28. The molecule has 0 bridgehead atoms. The molecule has 4 nitrogen and oxygen atoms in total. The van der Waals surface area contributed by atoms with E-state index in [1.54, 1.807) is 19.1 Å². The Balaban J connectivity index is 1.49. The Kier molecular flexibility index (Phi) is 4.89. The highest BCUT2D eigenvalue weighted by molar-refractivity contribution is 6.08. The number of benzene rings is 3. The summed E-state index contributed by atoms with van der Waals surface area (Å²) in [6.45, 7) is 2.34. The fourth-order valence-corrected chi connectivity index (χ4v) is 3.42. The van der Waals surface area contributed by atoms with Gasteiger partial charge < -0.3 is 4.57 Å². The Labute approximate surface area is 162 Å². The third kappa shape index (κ3) is 3.51. The molecule has 1 N–H and O–H groups in total. The van der Waals surface area contributed by atoms with Gasteiger partial charge in [0, 0.05) is 34.8 Å². The number of para-hydroxylation sites is 2. The minimum Gasteiger partial charge on any atom is -0.340 e. The lowest BCUT2D eigenvalue weighted by atomic mass is 10.1. The zero-order valence-electron chi connectivity index (χ0n) is 15.5. The second-order valence-corrected chi connectivity index (χ2v) is 6.68. The molecule has 0 aliphatic heterocycles. The SMILES string of the molecule is C/C(=N/NC(=O)CCn1c2ccccc2c2ccccc21)c1ccc(F)cc1. The van der Waals surface area contributed by atoms with E-state index in [9.17, 15) is 9.18 Å². The van der Waals surface area contributed by atoms with Gasteiger partial charge in [-0.1, -0.05) is 48.5 Å². The van der Waals surface area contributed by atoms with Crippen LogP contribution in [0.1, 0.15) is 18.9 Å². The van der Waals surface area contributed by atoms with Crippen molar-refractivity contribution < 1.29 is 9.18 Å². The fourth-order valence-electron chi connectivity index (χ4n) is 3.42. The quantitative estimate of drug-likeness (QED) is 0.394. The van der Waals surface area contributed by atoms with Crippen LogP contribution in [0.3, 0.4) is 0 Å². The van der Waals surface area contributed by atoms with Crippen LogP contribution in [0.25, 0.3) is 21.8 Å². The van der Waals surface area contributed by atoms with Gasteiger partial charge in [0.1, 0.15) is 5.82 Å². The summed E-state index contributed by atoms with van der Waals surface area (Å²) in [7, 11) is 0. The molecule has 0 radical (unpaired) electrons. The number of aryl methyl sites for hydroxylation is 1. The molecule has 0 unspecified atom stereocenters. The molecule has 5 heteroatoms. The Morgan fingerprint density at radius 1 is 0.929 bits per heavy atom. The average Bonchev–Trinajstić information content (AvgIpc) is 3.05. The lowest BCUT2D eigenvalue weighted by Crippen LogP contribution is -2.20. The first-order valence-electron chi connectivity index (χ1n) is 9.18. The molecule has 28 heavy (non-hydrogen) atoms. The van der Waals surface area contributed by atoms with Gasteiger partial charge in [-0.15, -0.1) is 0 Å². The number of nitrogens with zero attached hydrogens (tertiary/aromatic N) is 2. The van der Waals surface area contributed by atoms with Crippen LogP contribution in [0.4, 0.5) is 4.39 Å². The van der Waals surface area contributed by atoms with E-state index in [-0.39, 0.29) is 11.7 Å². The van der Waals surface area contributed by atoms with E-state index in [1.165, 1.54) is 22.9 Å². The zero-order valence-corrected chi connectivity index (χ0v) is 15.5. The Bertz CT molecular complexity index is 1120. The van der Waals surface area contributed by atoms with Gasteiger partial charge in [-0.05, 0) is 36.8 Å². The van der Waals surface area contributed by atoms with Crippen molar-refractivity contribution in [2.24, 2.45) is 5.10 Å². The van der Waals surface area contributed by atoms with Gasteiger partial charge >= 0.3 is 0 Å². The summed E-state index contributed by atoms with van der Waals surface area (Å²) in [6, 6.07) is 22.4. The van der Waals surface area contributed by atoms with Crippen LogP contribution in [0.15, 0.2) is 77.9 Å². The third-order valence-electron chi connectivity index (χ3n) is 4.85. The highest BCUT2D eigenvalue weighted by atomic mass is 19.1. The van der Waals surface area contributed by atoms with Gasteiger partial charge in [0.05, 0.1) is 5.71 Å². The number of rotatable bonds is 5. The van der Waals surface area contributed by atoms with Crippen molar-refractivity contribution in [3.05, 3.63) is 84.2 Å². The number of amides is 1. The second-order valence-electron chi connectivity index (χ2n) is 6.68. The maximum absolute atomic E-state index is 13.0. The lowest BCUT2D eigenvalue weighted by molar-refractivity contribution is -0.121. The molecule has 1 aromatic heterocycles. The fraction of sp³-hybridized carbons (Fsp3) is 0.130. The monoisotopic (exact) mass is 373 g/mol. The summed E-state index contributed by atoms with van der Waals surface area (Å²) in [5, 5.41) is 6.50. The molecule has 0 fully saturated rings. The second kappa shape index (κ2) is 7.64. The number of hydrogen-bond acceptors (Lipinski definition) is 2. The van der Waals surface area contributed by atoms with Crippen molar-refractivity contribution in [3.63, 3.8) is 0 Å². The molecule has 0 saturated carbocycles. The van der Waals surface area contributed by atoms with Gasteiger partial charge in [-0.2, -0.15) is 5.10 Å². The van der Waals surface area contributed by atoms with Crippen LogP contribution in [-0.2, 0) is 11.3 Å². The first-order valence-corrected chi connectivity index (χ1v) is 9.18. The van der Waals surface area contributed by atoms with Crippen LogP contribution in [-0.4, -0.2) is 16.2 Å². The molecule has 0 spiro atoms. The molecular formula is C23H20FN3O. The topological polar surface area (TPSA) is 46.4 Å². The summed E-state index contributed by atoms with van der Waals surface area (Å²) in [5.74, 6) is -0.463. The number of fused-ring (bicyclic) bond motifs is 3. The number of carbonyl (C=O) groups excluding carboxylic acids is 1. The highest BCUT2D eigenvalue weighted by Gasteiger charge is 2.11. The molecule has 1 heterocycles. The first kappa shape index (κ1) is 17.9. The van der Waals surface area contributed by atoms with E-state index in [0.29, 0.717) is 18.7 Å². The van der Waals surface area contributed by atoms with E-state index in [1.807, 2.05) is 24.3 Å². The molecule has 4 aromatic rings. The van der Waals surface area contributed by atoms with Crippen molar-refractivity contribution >= 4 is 33.4 Å². The predicted octanol–water partition coefficient (Wildman–Crippen LogP) is 4.86. The van der Waals surface area contributed by atoms with Gasteiger partial charge in [0.25, 0.3) is 0 Å². The zero-order chi connectivity index (χ0) is 19.5. The molecule has 0 aliphatic rings. The maximum Gasteiger partial charge on any atom is 0.241 e. The third-order valence-corrected chi connectivity index (χ3v) is 4.85. The number of nitrogens with one attached hydrogen (secondary N) is 1. The summed E-state index contributed by atoms with van der Waals surface area (Å²) < 4.78 is 15.2. The lowest BCUT2D eigenvalue weighted by Gasteiger charge is -2.07. The summed E-state index contributed by atoms with van der Waals surface area (Å²) in [6.07, 6.45) is 0.308. The van der Waals surface area contributed by atoms with Gasteiger partial charge in [0.2, 0.25) is 5.91 Å². The normalized spacial score (nSPS) is 11.9. The van der Waals surface area contributed by atoms with Gasteiger partial charge in [-0.3, -0.25) is 4.79 Å². The van der Waals surface area contributed by atoms with Crippen molar-refractivity contribution in [2.45, 2.75) is 19.9 Å². The first-order chi connectivity index (χ1) is 13.6. The van der Waals surface area contributed by atoms with Crippen molar-refractivity contribution in [2.75, 3.05) is 0 Å². The number of hydrazone groups is 1. The van der Waals surface area contributed by atoms with Gasteiger partial charge in [0.15, 0.2) is 0 Å². The van der Waals surface area contributed by atoms with Crippen LogP contribution in [0.2, 0.25) is 0 Å². The molecule has 1 amide bonds. The number of halogens is 1. The van der Waals surface area contributed by atoms with Crippen molar-refractivity contribution in [3.8, 4) is 0 Å². The molecule has 0 atom stereocenters. The van der Waals surface area contributed by atoms with E-state index in [4.69, 9.17) is 0 Å². The summed E-state index contributed by atoms with van der Waals surface area (Å²) in [4.78, 5) is 12.3. The number of carbonyl (C=O) groups is 1. The Hall–Kier alpha value is -3.47. The summed E-state index contributed by atoms with van der Waals surface area (Å²) in [5.41, 5.74) is 6.22. The Morgan fingerprint density at radius 3 is 2.11 bits per heavy atom. The largest absolute Gasteiger partial charge is 0.340 e. The minimum absolute atomic E-state index is 0.164. The maximum atomic E-state index is 13.0. The molecule has 0 saturated heterocycles. The Morgan fingerprint density at radius 2 is 1.50 bits per heavy atom.